The summed E-state index contributed by atoms with van der Waals surface area (Å²) in [5.41, 5.74) is 0. The van der Waals surface area contributed by atoms with Gasteiger partial charge in [-0.05, 0) is 39.0 Å². The van der Waals surface area contributed by atoms with Gasteiger partial charge in [0.1, 0.15) is 5.82 Å². The Labute approximate surface area is 170 Å². The summed E-state index contributed by atoms with van der Waals surface area (Å²) in [6.07, 6.45) is 10.1. The van der Waals surface area contributed by atoms with E-state index >= 15 is 0 Å². The Morgan fingerprint density at radius 1 is 1.25 bits per heavy atom. The Morgan fingerprint density at radius 2 is 2.04 bits per heavy atom. The van der Waals surface area contributed by atoms with Crippen LogP contribution < -0.4 is 5.32 Å². The first kappa shape index (κ1) is 21.3. The summed E-state index contributed by atoms with van der Waals surface area (Å²) >= 11 is 0. The van der Waals surface area contributed by atoms with Crippen LogP contribution in [0.2, 0.25) is 0 Å². The van der Waals surface area contributed by atoms with E-state index in [0.29, 0.717) is 18.5 Å². The molecule has 1 saturated heterocycles. The lowest BCUT2D eigenvalue weighted by Crippen LogP contribution is -2.50. The van der Waals surface area contributed by atoms with E-state index in [-0.39, 0.29) is 5.91 Å². The van der Waals surface area contributed by atoms with Crippen LogP contribution in [0.5, 0.6) is 0 Å². The van der Waals surface area contributed by atoms with Gasteiger partial charge in [0.25, 0.3) is 0 Å². The summed E-state index contributed by atoms with van der Waals surface area (Å²) in [6, 6.07) is 1.02. The molecule has 1 aromatic rings. The van der Waals surface area contributed by atoms with Crippen LogP contribution in [-0.2, 0) is 17.8 Å². The van der Waals surface area contributed by atoms with E-state index in [4.69, 9.17) is 0 Å². The average Bonchev–Trinajstić information content (AvgIpc) is 3.15. The second kappa shape index (κ2) is 10.4. The van der Waals surface area contributed by atoms with Crippen molar-refractivity contribution in [2.24, 2.45) is 5.92 Å². The summed E-state index contributed by atoms with van der Waals surface area (Å²) < 4.78 is 2.10. The molecular formula is C22H39N5O. The molecule has 0 bridgehead atoms. The van der Waals surface area contributed by atoms with E-state index in [2.05, 4.69) is 45.4 Å². The fourth-order valence-electron chi connectivity index (χ4n) is 4.80. The molecule has 2 aliphatic rings. The number of carbonyl (C=O) groups is 1. The lowest BCUT2D eigenvalue weighted by molar-refractivity contribution is -0.122. The number of imidazole rings is 1. The molecule has 28 heavy (non-hydrogen) atoms. The first-order valence-corrected chi connectivity index (χ1v) is 11.3. The zero-order chi connectivity index (χ0) is 19.9. The molecule has 1 amide bonds. The molecule has 1 N–H and O–H groups in total. The van der Waals surface area contributed by atoms with Gasteiger partial charge in [-0.3, -0.25) is 9.69 Å². The predicted molar refractivity (Wildman–Crippen MR) is 113 cm³/mol. The van der Waals surface area contributed by atoms with E-state index in [1.807, 2.05) is 12.4 Å². The van der Waals surface area contributed by atoms with Gasteiger partial charge in [-0.15, -0.1) is 0 Å². The molecule has 0 radical (unpaired) electrons. The van der Waals surface area contributed by atoms with Gasteiger partial charge in [0.2, 0.25) is 5.91 Å². The van der Waals surface area contributed by atoms with Crippen LogP contribution >= 0.6 is 0 Å². The highest BCUT2D eigenvalue weighted by molar-refractivity contribution is 5.76. The predicted octanol–water partition coefficient (Wildman–Crippen LogP) is 2.54. The SMILES string of the molecule is CCc1nccn1CCC(=O)N[C@H]1CCC[C@@H](CN2CCN(C(C)C)CC2)C1. The van der Waals surface area contributed by atoms with Crippen LogP contribution in [0.3, 0.4) is 0 Å². The Bertz CT molecular complexity index is 606. The monoisotopic (exact) mass is 389 g/mol. The number of aromatic nitrogens is 2. The molecule has 6 nitrogen and oxygen atoms in total. The van der Waals surface area contributed by atoms with Crippen molar-refractivity contribution >= 4 is 5.91 Å². The highest BCUT2D eigenvalue weighted by Gasteiger charge is 2.26. The molecule has 2 heterocycles. The Morgan fingerprint density at radius 3 is 2.75 bits per heavy atom. The average molecular weight is 390 g/mol. The molecule has 0 unspecified atom stereocenters. The lowest BCUT2D eigenvalue weighted by atomic mass is 9.85. The van der Waals surface area contributed by atoms with Gasteiger partial charge in [0.15, 0.2) is 0 Å². The van der Waals surface area contributed by atoms with Crippen molar-refractivity contribution < 1.29 is 4.79 Å². The fraction of sp³-hybridized carbons (Fsp3) is 0.818. The largest absolute Gasteiger partial charge is 0.353 e. The standard InChI is InChI=1S/C22H39N5O/c1-4-21-23-9-11-27(21)10-8-22(28)24-20-7-5-6-19(16-20)17-25-12-14-26(15-13-25)18(2)3/h9,11,18-20H,4-8,10,12-17H2,1-3H3,(H,24,28)/t19-,20+/m1/s1. The number of nitrogens with zero attached hydrogens (tertiary/aromatic N) is 4. The molecular weight excluding hydrogens is 350 g/mol. The lowest BCUT2D eigenvalue weighted by Gasteiger charge is -2.39. The second-order valence-corrected chi connectivity index (χ2v) is 8.87. The number of amides is 1. The molecule has 2 atom stereocenters. The van der Waals surface area contributed by atoms with Gasteiger partial charge in [-0.2, -0.15) is 0 Å². The van der Waals surface area contributed by atoms with Crippen molar-refractivity contribution in [1.82, 2.24) is 24.7 Å². The van der Waals surface area contributed by atoms with Gasteiger partial charge in [0.05, 0.1) is 0 Å². The molecule has 1 aromatic heterocycles. The number of hydrogen-bond donors (Lipinski definition) is 1. The topological polar surface area (TPSA) is 53.4 Å². The maximum absolute atomic E-state index is 12.4. The summed E-state index contributed by atoms with van der Waals surface area (Å²) in [5.74, 6) is 1.97. The molecule has 6 heteroatoms. The molecule has 158 valence electrons. The summed E-state index contributed by atoms with van der Waals surface area (Å²) in [4.78, 5) is 22.0. The van der Waals surface area contributed by atoms with E-state index in [9.17, 15) is 4.79 Å². The van der Waals surface area contributed by atoms with Crippen LogP contribution in [0.1, 0.15) is 58.7 Å². The van der Waals surface area contributed by atoms with E-state index < -0.39 is 0 Å². The first-order valence-electron chi connectivity index (χ1n) is 11.3. The molecule has 0 spiro atoms. The molecule has 1 aliphatic carbocycles. The number of aryl methyl sites for hydroxylation is 2. The number of piperazine rings is 1. The zero-order valence-corrected chi connectivity index (χ0v) is 18.1. The summed E-state index contributed by atoms with van der Waals surface area (Å²) in [6.45, 7) is 13.4. The Hall–Kier alpha value is -1.40. The molecule has 0 aromatic carbocycles. The minimum atomic E-state index is 0.187. The van der Waals surface area contributed by atoms with Crippen molar-refractivity contribution in [1.29, 1.82) is 0 Å². The van der Waals surface area contributed by atoms with Crippen LogP contribution in [0.15, 0.2) is 12.4 Å². The molecule has 1 aliphatic heterocycles. The molecule has 3 rings (SSSR count). The third-order valence-electron chi connectivity index (χ3n) is 6.50. The van der Waals surface area contributed by atoms with Gasteiger partial charge in [0, 0.05) is 76.6 Å². The minimum Gasteiger partial charge on any atom is -0.353 e. The van der Waals surface area contributed by atoms with E-state index in [1.165, 1.54) is 45.6 Å². The second-order valence-electron chi connectivity index (χ2n) is 8.87. The van der Waals surface area contributed by atoms with Crippen molar-refractivity contribution in [3.05, 3.63) is 18.2 Å². The summed E-state index contributed by atoms with van der Waals surface area (Å²) in [7, 11) is 0. The zero-order valence-electron chi connectivity index (χ0n) is 18.1. The van der Waals surface area contributed by atoms with E-state index in [0.717, 1.165) is 37.5 Å². The van der Waals surface area contributed by atoms with Crippen molar-refractivity contribution in [2.75, 3.05) is 32.7 Å². The quantitative estimate of drug-likeness (QED) is 0.742. The van der Waals surface area contributed by atoms with Crippen LogP contribution in [-0.4, -0.2) is 70.1 Å². The maximum Gasteiger partial charge on any atom is 0.222 e. The van der Waals surface area contributed by atoms with Crippen molar-refractivity contribution in [3.63, 3.8) is 0 Å². The van der Waals surface area contributed by atoms with Gasteiger partial charge >= 0.3 is 0 Å². The molecule has 2 fully saturated rings. The molecule has 1 saturated carbocycles. The number of rotatable bonds is 8. The fourth-order valence-corrected chi connectivity index (χ4v) is 4.80. The maximum atomic E-state index is 12.4. The third-order valence-corrected chi connectivity index (χ3v) is 6.50. The number of carbonyl (C=O) groups excluding carboxylic acids is 1. The van der Waals surface area contributed by atoms with Gasteiger partial charge < -0.3 is 14.8 Å². The highest BCUT2D eigenvalue weighted by Crippen LogP contribution is 2.26. The first-order chi connectivity index (χ1) is 13.5. The van der Waals surface area contributed by atoms with E-state index in [1.54, 1.807) is 0 Å². The van der Waals surface area contributed by atoms with Gasteiger partial charge in [-0.25, -0.2) is 4.98 Å². The van der Waals surface area contributed by atoms with Crippen LogP contribution in [0.25, 0.3) is 0 Å². The minimum absolute atomic E-state index is 0.187. The van der Waals surface area contributed by atoms with Crippen molar-refractivity contribution in [3.8, 4) is 0 Å². The Kier molecular flexibility index (Phi) is 7.91. The van der Waals surface area contributed by atoms with Gasteiger partial charge in [-0.1, -0.05) is 13.3 Å². The third kappa shape index (κ3) is 6.05. The van der Waals surface area contributed by atoms with Crippen molar-refractivity contribution in [2.45, 2.75) is 77.9 Å². The highest BCUT2D eigenvalue weighted by atomic mass is 16.1. The normalized spacial score (nSPS) is 24.6. The number of nitrogens with one attached hydrogen (secondary N) is 1. The van der Waals surface area contributed by atoms with Crippen LogP contribution in [0.4, 0.5) is 0 Å². The van der Waals surface area contributed by atoms with Crippen LogP contribution in [0, 0.1) is 5.92 Å². The Balaban J connectivity index is 1.38. The number of hydrogen-bond acceptors (Lipinski definition) is 4. The smallest absolute Gasteiger partial charge is 0.222 e. The summed E-state index contributed by atoms with van der Waals surface area (Å²) in [5, 5.41) is 3.31.